The summed E-state index contributed by atoms with van der Waals surface area (Å²) in [5.41, 5.74) is 12.7. The van der Waals surface area contributed by atoms with Gasteiger partial charge in [0.1, 0.15) is 42.4 Å². The van der Waals surface area contributed by atoms with Crippen molar-refractivity contribution in [3.8, 4) is 0 Å². The molecule has 37 nitrogen and oxygen atoms in total. The number of fused-ring (bicyclic) bond motifs is 1. The van der Waals surface area contributed by atoms with Crippen LogP contribution in [0.2, 0.25) is 0 Å². The molecule has 666 valence electrons. The first-order chi connectivity index (χ1) is 57.4. The molecule has 1 aliphatic rings. The van der Waals surface area contributed by atoms with Gasteiger partial charge < -0.3 is 94.4 Å². The number of aliphatic hydroxyl groups is 1. The largest absolute Gasteiger partial charge is 0.481 e. The lowest BCUT2D eigenvalue weighted by Gasteiger charge is -2.29. The summed E-state index contributed by atoms with van der Waals surface area (Å²) in [6.45, 7) is 10.4. The molecule has 3 aromatic rings. The molecule has 0 aliphatic carbocycles. The van der Waals surface area contributed by atoms with Gasteiger partial charge in [-0.15, -0.1) is 6.58 Å². The average Bonchev–Trinajstić information content (AvgIpc) is 1.76. The number of aliphatic hydroxyl groups excluding tert-OH is 1. The quantitative estimate of drug-likeness (QED) is 0.0128. The number of anilines is 1. The Kier molecular flexibility index (Phi) is 44.5. The Hall–Kier alpha value is -11.8. The number of ether oxygens (including phenoxy) is 2. The van der Waals surface area contributed by atoms with Crippen LogP contribution in [0.15, 0.2) is 67.4 Å². The van der Waals surface area contributed by atoms with Crippen molar-refractivity contribution >= 4 is 129 Å². The van der Waals surface area contributed by atoms with E-state index in [9.17, 15) is 106 Å². The second-order valence-electron chi connectivity index (χ2n) is 30.9. The molecule has 1 saturated heterocycles. The topological polar surface area (TPSA) is 592 Å². The summed E-state index contributed by atoms with van der Waals surface area (Å²) in [7, 11) is 0. The van der Waals surface area contributed by atoms with Crippen molar-refractivity contribution in [3.63, 3.8) is 0 Å². The van der Waals surface area contributed by atoms with E-state index in [1.54, 1.807) is 43.5 Å². The monoisotopic (exact) mass is 1700 g/mol. The first-order valence-electron chi connectivity index (χ1n) is 41.2. The van der Waals surface area contributed by atoms with Crippen LogP contribution in [0.3, 0.4) is 0 Å². The number of carbonyl (C=O) groups excluding carboxylic acids is 17. The number of carbonyl (C=O) groups is 19. The lowest BCUT2D eigenvalue weighted by atomic mass is 9.84. The number of nitrogen functional groups attached to an aromatic ring is 1. The number of hydrogen-bond donors (Lipinski definition) is 16. The van der Waals surface area contributed by atoms with Crippen LogP contribution in [0.25, 0.3) is 10.9 Å². The number of allylic oxidation sites excluding steroid dienone is 1. The SMILES string of the molecule is C=CCCCCCC(C)OC(=O)CCCC[C@@H]1NC(=O)CNC(=O)[C@@H](NC(=O)[C@H](CC(=O)O)CC(=O)[C@@H](CC(N)=O)NC(=O)[C@H](Cc2c[nH]c3ccccc23)NC(=O)CCCCCCCCC)[C@@H](C)OC(=O)[C@H](CC(=O)c2ccccc2N)NC(=O)[C@H](C(C)CC(=O)O)CC(=O)[C@@H](CO)NC(=O)CNC(=O)[C@H](C)NC(=O)[C@@H](C)NC(=O)[C@H](C)CC1=O. The zero-order valence-electron chi connectivity index (χ0n) is 69.9. The number of amides is 11. The maximum absolute atomic E-state index is 15.0. The number of esters is 2. The number of carboxylic acid groups (broad SMARTS) is 2. The summed E-state index contributed by atoms with van der Waals surface area (Å²) in [5.74, 6) is -27.9. The molecular formula is C84H121N13O24. The molecule has 18 N–H and O–H groups in total. The van der Waals surface area contributed by atoms with E-state index in [1.165, 1.54) is 52.0 Å². The van der Waals surface area contributed by atoms with Gasteiger partial charge in [0.25, 0.3) is 0 Å². The number of para-hydroxylation sites is 2. The summed E-state index contributed by atoms with van der Waals surface area (Å²) in [6.07, 6.45) is 3.83. The number of benzene rings is 2. The number of primary amides is 1. The third kappa shape index (κ3) is 36.8. The van der Waals surface area contributed by atoms with Crippen LogP contribution in [-0.4, -0.2) is 213 Å². The maximum Gasteiger partial charge on any atom is 0.329 e. The van der Waals surface area contributed by atoms with Crippen molar-refractivity contribution in [2.24, 2.45) is 29.4 Å². The summed E-state index contributed by atoms with van der Waals surface area (Å²) < 4.78 is 11.4. The number of hydrogen-bond acceptors (Lipinski definition) is 23. The molecule has 0 radical (unpaired) electrons. The summed E-state index contributed by atoms with van der Waals surface area (Å²) >= 11 is 0. The first kappa shape index (κ1) is 102. The number of nitrogens with one attached hydrogen (secondary N) is 11. The second kappa shape index (κ2) is 53.0. The standard InChI is InChI=1S/C84H121N13O24/c1-9-11-13-15-16-18-20-33-70(104)93-62(37-54-43-87-59-31-24-22-28-55(54)59)82(117)95-61(42-69(86)103)67(101)38-53(39-74(109)110)80(115)97-76-52(8)121-84(119)63(41-65(99)56-29-21-23-30-58(56)85)96-81(116)57(47(3)36-73(107)108)40-68(102)64(46-98)94-72(106)44-88-78(113)50(6)91-79(114)51(7)90-77(112)48(4)35-66(100)60(92-71(105)45-89-83(76)118)32-25-26-34-75(111)120-49(5)27-19-17-14-12-10-2/h10,21-24,28-31,43,47-53,57,60-64,76,87,98H,2,9,11-20,25-27,32-42,44-46,85H2,1,3-8H3,(H2,86,103)(H,88,113)(H,89,118)(H,90,112)(H,91,114)(H,92,105)(H,93,104)(H,94,106)(H,95,117)(H,96,116)(H,97,115)(H,107,108)(H,109,110)/t47?,48-,49?,50+,51-,52-,53+,57+,60+,61-,62+,63+,64-,76+/m1/s1. The van der Waals surface area contributed by atoms with Gasteiger partial charge in [-0.1, -0.05) is 109 Å². The van der Waals surface area contributed by atoms with Gasteiger partial charge in [-0.3, -0.25) is 86.3 Å². The van der Waals surface area contributed by atoms with Crippen LogP contribution in [0.5, 0.6) is 0 Å². The molecule has 14 atom stereocenters. The molecule has 1 aliphatic heterocycles. The molecule has 2 unspecified atom stereocenters. The van der Waals surface area contributed by atoms with Gasteiger partial charge in [-0.2, -0.15) is 0 Å². The number of unbranched alkanes of at least 4 members (excludes halogenated alkanes) is 10. The Morgan fingerprint density at radius 1 is 0.628 bits per heavy atom. The minimum Gasteiger partial charge on any atom is -0.481 e. The molecule has 0 spiro atoms. The Morgan fingerprint density at radius 3 is 1.88 bits per heavy atom. The van der Waals surface area contributed by atoms with E-state index in [4.69, 9.17) is 20.9 Å². The minimum atomic E-state index is -2.34. The molecule has 11 amide bonds. The van der Waals surface area contributed by atoms with Gasteiger partial charge in [-0.25, -0.2) is 4.79 Å². The molecule has 121 heavy (non-hydrogen) atoms. The van der Waals surface area contributed by atoms with Crippen molar-refractivity contribution in [1.82, 2.24) is 58.2 Å². The van der Waals surface area contributed by atoms with Crippen LogP contribution in [0.4, 0.5) is 5.69 Å². The van der Waals surface area contributed by atoms with Crippen molar-refractivity contribution in [1.29, 1.82) is 0 Å². The smallest absolute Gasteiger partial charge is 0.329 e. The van der Waals surface area contributed by atoms with E-state index in [1.807, 2.05) is 0 Å². The molecule has 2 aromatic carbocycles. The third-order valence-corrected chi connectivity index (χ3v) is 20.6. The van der Waals surface area contributed by atoms with Gasteiger partial charge in [0.2, 0.25) is 65.0 Å². The van der Waals surface area contributed by atoms with Crippen LogP contribution < -0.4 is 64.6 Å². The van der Waals surface area contributed by atoms with E-state index in [0.717, 1.165) is 64.7 Å². The number of Topliss-reactive ketones (excluding diaryl/α,β-unsaturated/α-hetero) is 4. The Morgan fingerprint density at radius 2 is 1.23 bits per heavy atom. The molecule has 1 aromatic heterocycles. The highest BCUT2D eigenvalue weighted by Gasteiger charge is 2.41. The van der Waals surface area contributed by atoms with Crippen LogP contribution in [-0.2, 0) is 102 Å². The zero-order chi connectivity index (χ0) is 90.0. The number of H-pyrrole nitrogens is 1. The number of aliphatic carboxylic acids is 2. The van der Waals surface area contributed by atoms with Gasteiger partial charge in [0.15, 0.2) is 23.1 Å². The molecule has 1 fully saturated rings. The van der Waals surface area contributed by atoms with Crippen molar-refractivity contribution in [2.45, 2.75) is 270 Å². The summed E-state index contributed by atoms with van der Waals surface area (Å²) in [5, 5.41) is 55.1. The molecular weight excluding hydrogens is 1570 g/mol. The molecule has 2 heterocycles. The molecule has 0 saturated carbocycles. The molecule has 37 heteroatoms. The van der Waals surface area contributed by atoms with E-state index in [-0.39, 0.29) is 49.8 Å². The highest BCUT2D eigenvalue weighted by Crippen LogP contribution is 2.26. The normalized spacial score (nSPS) is 21.1. The minimum absolute atomic E-state index is 0.0138. The Bertz CT molecular complexity index is 4130. The highest BCUT2D eigenvalue weighted by molar-refractivity contribution is 6.05. The fourth-order valence-electron chi connectivity index (χ4n) is 13.5. The van der Waals surface area contributed by atoms with Crippen molar-refractivity contribution in [2.75, 3.05) is 25.4 Å². The molecule has 4 rings (SSSR count). The second-order valence-corrected chi connectivity index (χ2v) is 30.9. The summed E-state index contributed by atoms with van der Waals surface area (Å²) in [4.78, 5) is 267. The predicted molar refractivity (Wildman–Crippen MR) is 440 cm³/mol. The fraction of sp³-hybridized carbons (Fsp3) is 0.583. The average molecular weight is 1700 g/mol. The fourth-order valence-corrected chi connectivity index (χ4v) is 13.5. The van der Waals surface area contributed by atoms with Gasteiger partial charge in [-0.05, 0) is 102 Å². The number of aromatic nitrogens is 1. The van der Waals surface area contributed by atoms with Crippen LogP contribution in [0, 0.1) is 23.7 Å². The van der Waals surface area contributed by atoms with Gasteiger partial charge in [0.05, 0.1) is 56.6 Å². The van der Waals surface area contributed by atoms with Crippen LogP contribution in [0.1, 0.15) is 218 Å². The van der Waals surface area contributed by atoms with E-state index in [2.05, 4.69) is 71.7 Å². The van der Waals surface area contributed by atoms with E-state index < -0.39 is 261 Å². The lowest BCUT2D eigenvalue weighted by molar-refractivity contribution is -0.156. The number of ketones is 4. The summed E-state index contributed by atoms with van der Waals surface area (Å²) in [6, 6.07) is -1.58. The van der Waals surface area contributed by atoms with E-state index >= 15 is 0 Å². The van der Waals surface area contributed by atoms with Crippen molar-refractivity contribution in [3.05, 3.63) is 78.5 Å². The van der Waals surface area contributed by atoms with Crippen LogP contribution >= 0.6 is 0 Å². The Labute approximate surface area is 702 Å². The highest BCUT2D eigenvalue weighted by atomic mass is 16.5. The predicted octanol–water partition coefficient (Wildman–Crippen LogP) is 2.63. The van der Waals surface area contributed by atoms with Gasteiger partial charge in [0, 0.05) is 91.6 Å². The lowest BCUT2D eigenvalue weighted by Crippen LogP contribution is -2.57. The Balaban J connectivity index is 1.86. The van der Waals surface area contributed by atoms with E-state index in [0.29, 0.717) is 35.7 Å². The maximum atomic E-state index is 15.0. The zero-order valence-corrected chi connectivity index (χ0v) is 69.9. The first-order valence-corrected chi connectivity index (χ1v) is 41.2. The number of cyclic esters (lactones) is 1. The number of carboxylic acids is 2. The van der Waals surface area contributed by atoms with Gasteiger partial charge >= 0.3 is 23.9 Å². The molecule has 0 bridgehead atoms. The van der Waals surface area contributed by atoms with Crippen molar-refractivity contribution < 1.29 is 116 Å². The number of aromatic amines is 1. The number of nitrogens with two attached hydrogens (primary N) is 2. The number of rotatable bonds is 41. The third-order valence-electron chi connectivity index (χ3n) is 20.6.